The van der Waals surface area contributed by atoms with Gasteiger partial charge in [0.1, 0.15) is 12.2 Å². The highest BCUT2D eigenvalue weighted by molar-refractivity contribution is 5.85. The Hall–Kier alpha value is -2.64. The Morgan fingerprint density at radius 2 is 1.91 bits per heavy atom. The van der Waals surface area contributed by atoms with E-state index in [1.165, 1.54) is 15.9 Å². The Labute approximate surface area is 128 Å². The van der Waals surface area contributed by atoms with Gasteiger partial charge in [-0.2, -0.15) is 0 Å². The predicted octanol–water partition coefficient (Wildman–Crippen LogP) is 1.35. The first-order chi connectivity index (χ1) is 10.4. The van der Waals surface area contributed by atoms with Crippen molar-refractivity contribution < 1.29 is 19.6 Å². The van der Waals surface area contributed by atoms with Crippen molar-refractivity contribution in [2.75, 3.05) is 31.6 Å². The van der Waals surface area contributed by atoms with Gasteiger partial charge in [-0.3, -0.25) is 19.7 Å². The van der Waals surface area contributed by atoms with E-state index in [1.807, 2.05) is 6.92 Å². The quantitative estimate of drug-likeness (QED) is 0.574. The first kappa shape index (κ1) is 17.4. The minimum absolute atomic E-state index is 0.0990. The number of para-hydroxylation sites is 2. The maximum absolute atomic E-state index is 12.2. The van der Waals surface area contributed by atoms with Crippen LogP contribution in [0.2, 0.25) is 0 Å². The molecular formula is C14H19N3O5. The second-order valence-corrected chi connectivity index (χ2v) is 4.81. The summed E-state index contributed by atoms with van der Waals surface area (Å²) >= 11 is 0. The molecule has 1 rings (SSSR count). The van der Waals surface area contributed by atoms with Crippen LogP contribution >= 0.6 is 0 Å². The fourth-order valence-electron chi connectivity index (χ4n) is 2.05. The van der Waals surface area contributed by atoms with Gasteiger partial charge >= 0.3 is 5.97 Å². The number of nitrogens with zero attached hydrogens (tertiary/aromatic N) is 3. The van der Waals surface area contributed by atoms with Crippen molar-refractivity contribution in [2.45, 2.75) is 13.3 Å². The third-order valence-corrected chi connectivity index (χ3v) is 3.03. The Kier molecular flexibility index (Phi) is 6.30. The largest absolute Gasteiger partial charge is 0.480 e. The number of carboxylic acids is 1. The molecule has 1 N–H and O–H groups in total. The van der Waals surface area contributed by atoms with Gasteiger partial charge in [0, 0.05) is 19.7 Å². The maximum Gasteiger partial charge on any atom is 0.323 e. The molecule has 120 valence electrons. The molecule has 0 unspecified atom stereocenters. The minimum atomic E-state index is -1.09. The number of rotatable bonds is 8. The molecule has 0 bridgehead atoms. The number of carbonyl (C=O) groups excluding carboxylic acids is 1. The van der Waals surface area contributed by atoms with Gasteiger partial charge in [-0.05, 0) is 12.5 Å². The third-order valence-electron chi connectivity index (χ3n) is 3.03. The Morgan fingerprint density at radius 3 is 2.45 bits per heavy atom. The first-order valence-electron chi connectivity index (χ1n) is 6.81. The lowest BCUT2D eigenvalue weighted by Gasteiger charge is -2.24. The molecule has 0 aliphatic carbocycles. The first-order valence-corrected chi connectivity index (χ1v) is 6.81. The summed E-state index contributed by atoms with van der Waals surface area (Å²) in [5, 5.41) is 19.8. The third kappa shape index (κ3) is 4.72. The van der Waals surface area contributed by atoms with E-state index in [0.717, 1.165) is 0 Å². The number of carbonyl (C=O) groups is 2. The van der Waals surface area contributed by atoms with Crippen LogP contribution in [0.3, 0.4) is 0 Å². The summed E-state index contributed by atoms with van der Waals surface area (Å²) in [6.45, 7) is 1.67. The zero-order valence-electron chi connectivity index (χ0n) is 12.6. The lowest BCUT2D eigenvalue weighted by Crippen LogP contribution is -2.42. The molecule has 1 aromatic rings. The van der Waals surface area contributed by atoms with Gasteiger partial charge in [0.25, 0.3) is 5.69 Å². The number of nitro benzene ring substituents is 1. The standard InChI is InChI=1S/C14H19N3O5/c1-3-8-16(10-14(19)20)13(18)9-15(2)11-6-4-5-7-12(11)17(21)22/h4-7H,3,8-10H2,1-2H3,(H,19,20). The average Bonchev–Trinajstić information content (AvgIpc) is 2.46. The van der Waals surface area contributed by atoms with Crippen molar-refractivity contribution in [3.63, 3.8) is 0 Å². The molecule has 1 aromatic carbocycles. The van der Waals surface area contributed by atoms with Crippen LogP contribution < -0.4 is 4.90 Å². The minimum Gasteiger partial charge on any atom is -0.480 e. The van der Waals surface area contributed by atoms with Crippen molar-refractivity contribution in [1.82, 2.24) is 4.90 Å². The smallest absolute Gasteiger partial charge is 0.323 e. The van der Waals surface area contributed by atoms with Crippen LogP contribution in [0.1, 0.15) is 13.3 Å². The second kappa shape index (κ2) is 7.96. The summed E-state index contributed by atoms with van der Waals surface area (Å²) in [4.78, 5) is 36.1. The topological polar surface area (TPSA) is 104 Å². The molecule has 0 aliphatic rings. The fraction of sp³-hybridized carbons (Fsp3) is 0.429. The fourth-order valence-corrected chi connectivity index (χ4v) is 2.05. The highest BCUT2D eigenvalue weighted by atomic mass is 16.6. The van der Waals surface area contributed by atoms with E-state index in [-0.39, 0.29) is 24.7 Å². The zero-order valence-corrected chi connectivity index (χ0v) is 12.6. The molecule has 0 aliphatic heterocycles. The zero-order chi connectivity index (χ0) is 16.7. The van der Waals surface area contributed by atoms with E-state index in [9.17, 15) is 19.7 Å². The van der Waals surface area contributed by atoms with E-state index in [2.05, 4.69) is 0 Å². The summed E-state index contributed by atoms with van der Waals surface area (Å²) in [5.41, 5.74) is 0.214. The van der Waals surface area contributed by atoms with Gasteiger partial charge in [-0.1, -0.05) is 19.1 Å². The lowest BCUT2D eigenvalue weighted by atomic mass is 10.2. The molecule has 0 spiro atoms. The van der Waals surface area contributed by atoms with Crippen LogP contribution in [0.5, 0.6) is 0 Å². The summed E-state index contributed by atoms with van der Waals surface area (Å²) in [6, 6.07) is 6.10. The van der Waals surface area contributed by atoms with Crippen molar-refractivity contribution >= 4 is 23.3 Å². The number of aliphatic carboxylic acids is 1. The normalized spacial score (nSPS) is 10.1. The average molecular weight is 309 g/mol. The molecule has 0 aromatic heterocycles. The molecule has 0 heterocycles. The van der Waals surface area contributed by atoms with Gasteiger partial charge in [-0.15, -0.1) is 0 Å². The summed E-state index contributed by atoms with van der Waals surface area (Å²) in [5.74, 6) is -1.47. The van der Waals surface area contributed by atoms with Crippen LogP contribution in [0.4, 0.5) is 11.4 Å². The van der Waals surface area contributed by atoms with Gasteiger partial charge in [-0.25, -0.2) is 0 Å². The van der Waals surface area contributed by atoms with Crippen molar-refractivity contribution in [3.05, 3.63) is 34.4 Å². The molecular weight excluding hydrogens is 290 g/mol. The summed E-state index contributed by atoms with van der Waals surface area (Å²) in [7, 11) is 1.56. The highest BCUT2D eigenvalue weighted by Crippen LogP contribution is 2.26. The van der Waals surface area contributed by atoms with E-state index in [1.54, 1.807) is 25.2 Å². The SMILES string of the molecule is CCCN(CC(=O)O)C(=O)CN(C)c1ccccc1[N+](=O)[O-]. The molecule has 1 amide bonds. The van der Waals surface area contributed by atoms with Crippen LogP contribution in [0, 0.1) is 10.1 Å². The van der Waals surface area contributed by atoms with Crippen LogP contribution in [-0.2, 0) is 9.59 Å². The number of hydrogen-bond acceptors (Lipinski definition) is 5. The Balaban J connectivity index is 2.86. The molecule has 0 radical (unpaired) electrons. The molecule has 8 heteroatoms. The number of carboxylic acid groups (broad SMARTS) is 1. The van der Waals surface area contributed by atoms with E-state index >= 15 is 0 Å². The van der Waals surface area contributed by atoms with Gasteiger partial charge in [0.2, 0.25) is 5.91 Å². The van der Waals surface area contributed by atoms with Crippen LogP contribution in [0.15, 0.2) is 24.3 Å². The molecule has 0 fully saturated rings. The maximum atomic E-state index is 12.2. The summed E-state index contributed by atoms with van der Waals surface area (Å²) < 4.78 is 0. The molecule has 0 saturated carbocycles. The second-order valence-electron chi connectivity index (χ2n) is 4.81. The van der Waals surface area contributed by atoms with E-state index in [0.29, 0.717) is 18.7 Å². The van der Waals surface area contributed by atoms with Gasteiger partial charge in [0.15, 0.2) is 0 Å². The van der Waals surface area contributed by atoms with Crippen LogP contribution in [0.25, 0.3) is 0 Å². The number of benzene rings is 1. The van der Waals surface area contributed by atoms with Crippen molar-refractivity contribution in [3.8, 4) is 0 Å². The number of anilines is 1. The van der Waals surface area contributed by atoms with Crippen molar-refractivity contribution in [2.24, 2.45) is 0 Å². The van der Waals surface area contributed by atoms with Gasteiger partial charge < -0.3 is 14.9 Å². The molecule has 0 atom stereocenters. The number of nitro groups is 1. The number of amides is 1. The monoisotopic (exact) mass is 309 g/mol. The van der Waals surface area contributed by atoms with Gasteiger partial charge in [0.05, 0.1) is 11.5 Å². The highest BCUT2D eigenvalue weighted by Gasteiger charge is 2.21. The Morgan fingerprint density at radius 1 is 1.27 bits per heavy atom. The number of hydrogen-bond donors (Lipinski definition) is 1. The van der Waals surface area contributed by atoms with Crippen molar-refractivity contribution in [1.29, 1.82) is 0 Å². The van der Waals surface area contributed by atoms with Crippen LogP contribution in [-0.4, -0.2) is 53.5 Å². The Bertz CT molecular complexity index is 561. The predicted molar refractivity (Wildman–Crippen MR) is 80.9 cm³/mol. The molecule has 0 saturated heterocycles. The number of likely N-dealkylation sites (N-methyl/N-ethyl adjacent to an activating group) is 1. The molecule has 8 nitrogen and oxygen atoms in total. The van der Waals surface area contributed by atoms with E-state index < -0.39 is 10.9 Å². The molecule has 22 heavy (non-hydrogen) atoms. The lowest BCUT2D eigenvalue weighted by molar-refractivity contribution is -0.384. The summed E-state index contributed by atoms with van der Waals surface area (Å²) in [6.07, 6.45) is 0.633. The van der Waals surface area contributed by atoms with E-state index in [4.69, 9.17) is 5.11 Å².